The Kier molecular flexibility index (Phi) is 5.63. The molecule has 1 fully saturated rings. The number of piperidine rings is 1. The second kappa shape index (κ2) is 8.70. The van der Waals surface area contributed by atoms with Gasteiger partial charge in [-0.15, -0.1) is 0 Å². The first-order chi connectivity index (χ1) is 15.2. The minimum atomic E-state index is -0.138. The van der Waals surface area contributed by atoms with Gasteiger partial charge in [0.15, 0.2) is 0 Å². The van der Waals surface area contributed by atoms with Crippen LogP contribution in [0.25, 0.3) is 10.8 Å². The highest BCUT2D eigenvalue weighted by Crippen LogP contribution is 2.37. The maximum Gasteiger partial charge on any atom is 0.261 e. The Bertz CT molecular complexity index is 1030. The van der Waals surface area contributed by atoms with Gasteiger partial charge in [-0.3, -0.25) is 14.5 Å². The Morgan fingerprint density at radius 2 is 1.55 bits per heavy atom. The largest absolute Gasteiger partial charge is 0.371 e. The van der Waals surface area contributed by atoms with E-state index in [4.69, 9.17) is 0 Å². The molecule has 5 rings (SSSR count). The molecule has 0 atom stereocenters. The van der Waals surface area contributed by atoms with Gasteiger partial charge in [0, 0.05) is 47.2 Å². The van der Waals surface area contributed by atoms with E-state index < -0.39 is 0 Å². The van der Waals surface area contributed by atoms with Crippen LogP contribution in [0, 0.1) is 5.92 Å². The van der Waals surface area contributed by atoms with E-state index in [1.165, 1.54) is 24.2 Å². The fourth-order valence-electron chi connectivity index (χ4n) is 5.24. The van der Waals surface area contributed by atoms with Gasteiger partial charge >= 0.3 is 0 Å². The second-order valence-electron chi connectivity index (χ2n) is 8.95. The lowest BCUT2D eigenvalue weighted by Crippen LogP contribution is -2.41. The van der Waals surface area contributed by atoms with E-state index in [2.05, 4.69) is 41.3 Å². The summed E-state index contributed by atoms with van der Waals surface area (Å²) in [5.74, 6) is 0.276. The number of imide groups is 1. The van der Waals surface area contributed by atoms with E-state index in [0.717, 1.165) is 55.2 Å². The predicted octanol–water partition coefficient (Wildman–Crippen LogP) is 5.73. The Morgan fingerprint density at radius 3 is 2.32 bits per heavy atom. The zero-order valence-electron chi connectivity index (χ0n) is 18.1. The molecule has 2 aliphatic heterocycles. The number of amides is 2. The Labute approximate surface area is 184 Å². The number of rotatable bonds is 7. The van der Waals surface area contributed by atoms with Crippen LogP contribution in [0.1, 0.15) is 65.7 Å². The molecule has 2 amide bonds. The molecule has 3 aliphatic rings. The van der Waals surface area contributed by atoms with Crippen molar-refractivity contribution in [2.75, 3.05) is 24.5 Å². The third-order valence-electron chi connectivity index (χ3n) is 6.91. The van der Waals surface area contributed by atoms with Crippen LogP contribution in [0.2, 0.25) is 0 Å². The van der Waals surface area contributed by atoms with Crippen molar-refractivity contribution in [1.82, 2.24) is 4.90 Å². The van der Waals surface area contributed by atoms with Crippen molar-refractivity contribution >= 4 is 28.3 Å². The third kappa shape index (κ3) is 3.80. The molecule has 0 unspecified atom stereocenters. The maximum atomic E-state index is 13.2. The minimum absolute atomic E-state index is 0.138. The number of carbonyl (C=O) groups is 2. The van der Waals surface area contributed by atoms with Crippen LogP contribution in [-0.2, 0) is 0 Å². The average molecular weight is 415 g/mol. The van der Waals surface area contributed by atoms with Crippen molar-refractivity contribution in [2.45, 2.75) is 44.9 Å². The molecule has 4 heteroatoms. The van der Waals surface area contributed by atoms with Gasteiger partial charge < -0.3 is 4.90 Å². The first kappa shape index (κ1) is 20.0. The van der Waals surface area contributed by atoms with Gasteiger partial charge in [0.2, 0.25) is 0 Å². The smallest absolute Gasteiger partial charge is 0.261 e. The minimum Gasteiger partial charge on any atom is -0.371 e. The normalized spacial score (nSPS) is 18.6. The molecule has 31 heavy (non-hydrogen) atoms. The van der Waals surface area contributed by atoms with Gasteiger partial charge in [-0.25, -0.2) is 0 Å². The monoisotopic (exact) mass is 414 g/mol. The Balaban J connectivity index is 1.33. The highest BCUT2D eigenvalue weighted by molar-refractivity contribution is 6.26. The fourth-order valence-corrected chi connectivity index (χ4v) is 5.24. The lowest BCUT2D eigenvalue weighted by molar-refractivity contribution is 0.0607. The lowest BCUT2D eigenvalue weighted by atomic mass is 9.92. The highest BCUT2D eigenvalue weighted by Gasteiger charge is 2.33. The summed E-state index contributed by atoms with van der Waals surface area (Å²) in [5.41, 5.74) is 2.50. The third-order valence-corrected chi connectivity index (χ3v) is 6.91. The van der Waals surface area contributed by atoms with Crippen LogP contribution >= 0.6 is 0 Å². The van der Waals surface area contributed by atoms with E-state index in [1.807, 2.05) is 18.2 Å². The number of unbranched alkanes of at least 4 members (excludes halogenated alkanes) is 2. The molecule has 0 radical (unpaired) electrons. The van der Waals surface area contributed by atoms with Crippen molar-refractivity contribution in [1.29, 1.82) is 0 Å². The summed E-state index contributed by atoms with van der Waals surface area (Å²) in [6, 6.07) is 9.93. The number of benzene rings is 2. The fraction of sp³-hybridized carbons (Fsp3) is 0.407. The molecule has 1 aliphatic carbocycles. The van der Waals surface area contributed by atoms with E-state index in [0.29, 0.717) is 23.6 Å². The van der Waals surface area contributed by atoms with Crippen LogP contribution < -0.4 is 4.90 Å². The molecule has 0 aromatic heterocycles. The summed E-state index contributed by atoms with van der Waals surface area (Å²) in [5, 5.41) is 1.88. The molecule has 0 bridgehead atoms. The molecular weight excluding hydrogens is 384 g/mol. The maximum absolute atomic E-state index is 13.2. The summed E-state index contributed by atoms with van der Waals surface area (Å²) < 4.78 is 0. The van der Waals surface area contributed by atoms with Gasteiger partial charge in [-0.1, -0.05) is 49.3 Å². The number of carbonyl (C=O) groups excluding carboxylic acids is 2. The van der Waals surface area contributed by atoms with Crippen LogP contribution in [0.3, 0.4) is 0 Å². The summed E-state index contributed by atoms with van der Waals surface area (Å²) in [6.45, 7) is 2.58. The zero-order valence-corrected chi connectivity index (χ0v) is 18.1. The lowest BCUT2D eigenvalue weighted by Gasteiger charge is -2.32. The summed E-state index contributed by atoms with van der Waals surface area (Å²) >= 11 is 0. The molecule has 0 saturated carbocycles. The molecule has 2 aromatic carbocycles. The van der Waals surface area contributed by atoms with Crippen molar-refractivity contribution in [2.24, 2.45) is 5.92 Å². The molecular formula is C27H30N2O2. The quantitative estimate of drug-likeness (QED) is 0.429. The van der Waals surface area contributed by atoms with Crippen molar-refractivity contribution in [3.8, 4) is 0 Å². The number of nitrogens with zero attached hydrogens (tertiary/aromatic N) is 2. The average Bonchev–Trinajstić information content (AvgIpc) is 3.33. The molecule has 1 saturated heterocycles. The van der Waals surface area contributed by atoms with Crippen LogP contribution in [-0.4, -0.2) is 36.3 Å². The van der Waals surface area contributed by atoms with Crippen LogP contribution in [0.15, 0.2) is 54.6 Å². The highest BCUT2D eigenvalue weighted by atomic mass is 16.2. The summed E-state index contributed by atoms with van der Waals surface area (Å²) in [7, 11) is 0. The van der Waals surface area contributed by atoms with E-state index in [-0.39, 0.29) is 11.8 Å². The molecule has 2 aromatic rings. The van der Waals surface area contributed by atoms with E-state index in [1.54, 1.807) is 0 Å². The van der Waals surface area contributed by atoms with E-state index >= 15 is 0 Å². The molecule has 2 heterocycles. The van der Waals surface area contributed by atoms with Gasteiger partial charge in [0.1, 0.15) is 0 Å². The van der Waals surface area contributed by atoms with Gasteiger partial charge in [-0.05, 0) is 56.2 Å². The number of hydrogen-bond donors (Lipinski definition) is 0. The number of allylic oxidation sites excluding steroid dienone is 4. The molecule has 160 valence electrons. The van der Waals surface area contributed by atoms with Crippen LogP contribution in [0.4, 0.5) is 5.69 Å². The topological polar surface area (TPSA) is 40.6 Å². The van der Waals surface area contributed by atoms with E-state index in [9.17, 15) is 9.59 Å². The second-order valence-corrected chi connectivity index (χ2v) is 8.95. The first-order valence-corrected chi connectivity index (χ1v) is 11.8. The van der Waals surface area contributed by atoms with Crippen LogP contribution in [0.5, 0.6) is 0 Å². The van der Waals surface area contributed by atoms with Gasteiger partial charge in [0.05, 0.1) is 0 Å². The standard InChI is InChI=1S/C27H30N2O2/c30-26-22-14-9-13-21-24(28-17-6-2-7-18-28)16-15-23(25(21)22)27(31)29(26)19-8-1-3-10-20-11-4-5-12-20/h4-5,9,11-16,20H,1-3,6-8,10,17-19H2. The van der Waals surface area contributed by atoms with Gasteiger partial charge in [-0.2, -0.15) is 0 Å². The Hall–Kier alpha value is -2.88. The SMILES string of the molecule is O=C1c2cccc3c(N4CCCCC4)ccc(c23)C(=O)N1CCCCCC1C=CC=C1. The van der Waals surface area contributed by atoms with Crippen molar-refractivity contribution < 1.29 is 9.59 Å². The molecule has 4 nitrogen and oxygen atoms in total. The zero-order chi connectivity index (χ0) is 21.2. The number of anilines is 1. The Morgan fingerprint density at radius 1 is 0.806 bits per heavy atom. The number of hydrogen-bond acceptors (Lipinski definition) is 3. The van der Waals surface area contributed by atoms with Gasteiger partial charge in [0.25, 0.3) is 11.8 Å². The van der Waals surface area contributed by atoms with Crippen molar-refractivity contribution in [3.63, 3.8) is 0 Å². The predicted molar refractivity (Wildman–Crippen MR) is 126 cm³/mol. The summed E-state index contributed by atoms with van der Waals surface area (Å²) in [6.07, 6.45) is 16.5. The molecule has 0 spiro atoms. The summed E-state index contributed by atoms with van der Waals surface area (Å²) in [4.78, 5) is 30.4. The molecule has 0 N–H and O–H groups in total. The van der Waals surface area contributed by atoms with Crippen molar-refractivity contribution in [3.05, 3.63) is 65.8 Å². The first-order valence-electron chi connectivity index (χ1n) is 11.8.